The van der Waals surface area contributed by atoms with Crippen LogP contribution in [0.3, 0.4) is 0 Å². The molecule has 0 aromatic heterocycles. The Kier molecular flexibility index (Phi) is 4.20. The fraction of sp³-hybridized carbons (Fsp3) is 0.750. The number of nitrogens with zero attached hydrogens (tertiary/aromatic N) is 2. The van der Waals surface area contributed by atoms with Gasteiger partial charge in [0, 0.05) is 0 Å². The van der Waals surface area contributed by atoms with Gasteiger partial charge in [-0.05, 0) is 19.3 Å². The molecule has 0 aliphatic heterocycles. The highest BCUT2D eigenvalue weighted by Crippen LogP contribution is 2.20. The van der Waals surface area contributed by atoms with Crippen molar-refractivity contribution in [2.75, 3.05) is 0 Å². The molecular formula is C8H16N4O2. The minimum atomic E-state index is -1.15. The summed E-state index contributed by atoms with van der Waals surface area (Å²) in [5.41, 5.74) is 8.79. The van der Waals surface area contributed by atoms with Crippen molar-refractivity contribution in [3.63, 3.8) is 0 Å². The van der Waals surface area contributed by atoms with Gasteiger partial charge < -0.3 is 11.5 Å². The quantitative estimate of drug-likeness (QED) is 0.654. The predicted octanol–water partition coefficient (Wildman–Crippen LogP) is 0.807. The summed E-state index contributed by atoms with van der Waals surface area (Å²) >= 11 is 0. The maximum atomic E-state index is 11.1. The molecule has 0 bridgehead atoms. The van der Waals surface area contributed by atoms with E-state index in [-0.39, 0.29) is 5.92 Å². The summed E-state index contributed by atoms with van der Waals surface area (Å²) in [5, 5.41) is 6.70. The molecule has 0 aromatic carbocycles. The van der Waals surface area contributed by atoms with E-state index in [1.54, 1.807) is 0 Å². The number of nitrogens with two attached hydrogens (primary N) is 2. The zero-order valence-corrected chi connectivity index (χ0v) is 8.65. The van der Waals surface area contributed by atoms with Crippen molar-refractivity contribution in [2.45, 2.75) is 32.7 Å². The summed E-state index contributed by atoms with van der Waals surface area (Å²) in [6.45, 7) is 5.36. The molecule has 0 aliphatic carbocycles. The third-order valence-corrected chi connectivity index (χ3v) is 1.71. The van der Waals surface area contributed by atoms with E-state index in [0.717, 1.165) is 0 Å². The van der Waals surface area contributed by atoms with E-state index in [1.807, 2.05) is 13.8 Å². The molecule has 1 unspecified atom stereocenters. The Morgan fingerprint density at radius 1 is 1.36 bits per heavy atom. The van der Waals surface area contributed by atoms with Gasteiger partial charge in [-0.3, -0.25) is 4.79 Å². The summed E-state index contributed by atoms with van der Waals surface area (Å²) in [6, 6.07) is -0.929. The van der Waals surface area contributed by atoms with Crippen LogP contribution in [0.15, 0.2) is 10.2 Å². The number of amides is 3. The molecule has 0 radical (unpaired) electrons. The zero-order chi connectivity index (χ0) is 11.4. The Morgan fingerprint density at radius 3 is 2.14 bits per heavy atom. The largest absolute Gasteiger partial charge is 0.368 e. The van der Waals surface area contributed by atoms with Crippen molar-refractivity contribution in [1.82, 2.24) is 0 Å². The number of hydrogen-bond acceptors (Lipinski definition) is 3. The lowest BCUT2D eigenvalue weighted by atomic mass is 9.91. The number of rotatable bonds is 4. The highest BCUT2D eigenvalue weighted by molar-refractivity contribution is 5.84. The molecule has 0 aromatic rings. The first kappa shape index (κ1) is 12.5. The van der Waals surface area contributed by atoms with Gasteiger partial charge in [-0.25, -0.2) is 4.79 Å². The molecule has 0 heterocycles. The molecule has 0 aliphatic rings. The normalized spacial score (nSPS) is 15.7. The Hall–Kier alpha value is -1.46. The molecule has 0 saturated heterocycles. The van der Waals surface area contributed by atoms with Crippen LogP contribution in [0.25, 0.3) is 0 Å². The van der Waals surface area contributed by atoms with Gasteiger partial charge in [0.1, 0.15) is 0 Å². The van der Waals surface area contributed by atoms with Gasteiger partial charge in [-0.15, -0.1) is 0 Å². The van der Waals surface area contributed by atoms with Gasteiger partial charge >= 0.3 is 6.03 Å². The van der Waals surface area contributed by atoms with Gasteiger partial charge in [0.2, 0.25) is 5.91 Å². The van der Waals surface area contributed by atoms with Crippen LogP contribution in [-0.2, 0) is 4.79 Å². The third kappa shape index (κ3) is 3.97. The van der Waals surface area contributed by atoms with E-state index in [9.17, 15) is 9.59 Å². The van der Waals surface area contributed by atoms with E-state index in [2.05, 4.69) is 10.2 Å². The van der Waals surface area contributed by atoms with Crippen LogP contribution in [0.1, 0.15) is 27.2 Å². The van der Waals surface area contributed by atoms with Crippen LogP contribution >= 0.6 is 0 Å². The zero-order valence-electron chi connectivity index (χ0n) is 8.65. The SMILES string of the molecule is CC(C)CC(C)(N=NC(N)=O)C(N)=O. The third-order valence-electron chi connectivity index (χ3n) is 1.71. The lowest BCUT2D eigenvalue weighted by molar-refractivity contribution is -0.123. The molecular weight excluding hydrogens is 184 g/mol. The Labute approximate surface area is 82.7 Å². The second kappa shape index (κ2) is 4.69. The second-order valence-electron chi connectivity index (χ2n) is 3.77. The maximum absolute atomic E-state index is 11.1. The Morgan fingerprint density at radius 2 is 1.86 bits per heavy atom. The molecule has 0 fully saturated rings. The minimum Gasteiger partial charge on any atom is -0.368 e. The lowest BCUT2D eigenvalue weighted by Gasteiger charge is -2.21. The number of carbonyl (C=O) groups excluding carboxylic acids is 2. The molecule has 6 nitrogen and oxygen atoms in total. The fourth-order valence-electron chi connectivity index (χ4n) is 1.15. The molecule has 0 rings (SSSR count). The first-order valence-corrected chi connectivity index (χ1v) is 4.30. The first-order chi connectivity index (χ1) is 6.28. The number of primary amides is 2. The van der Waals surface area contributed by atoms with Crippen LogP contribution in [0, 0.1) is 5.92 Å². The molecule has 0 spiro atoms. The number of urea groups is 1. The van der Waals surface area contributed by atoms with E-state index in [0.29, 0.717) is 6.42 Å². The van der Waals surface area contributed by atoms with Gasteiger partial charge in [0.25, 0.3) is 0 Å². The van der Waals surface area contributed by atoms with Crippen molar-refractivity contribution in [1.29, 1.82) is 0 Å². The molecule has 1 atom stereocenters. The smallest absolute Gasteiger partial charge is 0.356 e. The van der Waals surface area contributed by atoms with Gasteiger partial charge in [0.05, 0.1) is 0 Å². The fourth-order valence-corrected chi connectivity index (χ4v) is 1.15. The van der Waals surface area contributed by atoms with Crippen molar-refractivity contribution < 1.29 is 9.59 Å². The van der Waals surface area contributed by atoms with Crippen molar-refractivity contribution in [2.24, 2.45) is 27.6 Å². The maximum Gasteiger partial charge on any atom is 0.356 e. The van der Waals surface area contributed by atoms with Crippen LogP contribution in [0.4, 0.5) is 4.79 Å². The number of carbonyl (C=O) groups is 2. The second-order valence-corrected chi connectivity index (χ2v) is 3.77. The molecule has 3 amide bonds. The molecule has 4 N–H and O–H groups in total. The average molecular weight is 200 g/mol. The summed E-state index contributed by atoms with van der Waals surface area (Å²) in [7, 11) is 0. The summed E-state index contributed by atoms with van der Waals surface area (Å²) < 4.78 is 0. The summed E-state index contributed by atoms with van der Waals surface area (Å²) in [6.07, 6.45) is 0.430. The van der Waals surface area contributed by atoms with Crippen LogP contribution in [-0.4, -0.2) is 17.5 Å². The van der Waals surface area contributed by atoms with E-state index in [1.165, 1.54) is 6.92 Å². The van der Waals surface area contributed by atoms with Gasteiger partial charge in [0.15, 0.2) is 5.54 Å². The number of azo groups is 1. The number of hydrogen-bond donors (Lipinski definition) is 2. The molecule has 14 heavy (non-hydrogen) atoms. The van der Waals surface area contributed by atoms with E-state index >= 15 is 0 Å². The monoisotopic (exact) mass is 200 g/mol. The minimum absolute atomic E-state index is 0.222. The van der Waals surface area contributed by atoms with Crippen molar-refractivity contribution >= 4 is 11.9 Å². The molecule has 0 saturated carbocycles. The van der Waals surface area contributed by atoms with Gasteiger partial charge in [-0.1, -0.05) is 19.0 Å². The average Bonchev–Trinajstić information content (AvgIpc) is 1.99. The van der Waals surface area contributed by atoms with Crippen molar-refractivity contribution in [3.8, 4) is 0 Å². The summed E-state index contributed by atoms with van der Waals surface area (Å²) in [5.74, 6) is -0.393. The van der Waals surface area contributed by atoms with Crippen LogP contribution in [0.5, 0.6) is 0 Å². The van der Waals surface area contributed by atoms with E-state index < -0.39 is 17.5 Å². The standard InChI is InChI=1S/C8H16N4O2/c1-5(2)4-8(3,6(9)13)12-11-7(10)14/h5H,4H2,1-3H3,(H2,9,13)(H2,10,14). The Bertz CT molecular complexity index is 262. The summed E-state index contributed by atoms with van der Waals surface area (Å²) in [4.78, 5) is 21.4. The molecule has 6 heteroatoms. The highest BCUT2D eigenvalue weighted by Gasteiger charge is 2.32. The predicted molar refractivity (Wildman–Crippen MR) is 51.5 cm³/mol. The first-order valence-electron chi connectivity index (χ1n) is 4.30. The van der Waals surface area contributed by atoms with Crippen LogP contribution < -0.4 is 11.5 Å². The van der Waals surface area contributed by atoms with Crippen molar-refractivity contribution in [3.05, 3.63) is 0 Å². The topological polar surface area (TPSA) is 111 Å². The Balaban J connectivity index is 4.72. The lowest BCUT2D eigenvalue weighted by Crippen LogP contribution is -2.40. The highest BCUT2D eigenvalue weighted by atomic mass is 16.2. The van der Waals surface area contributed by atoms with E-state index in [4.69, 9.17) is 11.5 Å². The van der Waals surface area contributed by atoms with Gasteiger partial charge in [-0.2, -0.15) is 5.11 Å². The molecule has 80 valence electrons. The van der Waals surface area contributed by atoms with Crippen LogP contribution in [0.2, 0.25) is 0 Å².